The van der Waals surface area contributed by atoms with E-state index in [2.05, 4.69) is 0 Å². The first-order valence-electron chi connectivity index (χ1n) is 9.17. The quantitative estimate of drug-likeness (QED) is 0.720. The second-order valence-electron chi connectivity index (χ2n) is 8.32. The van der Waals surface area contributed by atoms with Gasteiger partial charge >= 0.3 is 0 Å². The van der Waals surface area contributed by atoms with Gasteiger partial charge in [-0.25, -0.2) is 0 Å². The van der Waals surface area contributed by atoms with Crippen LogP contribution in [0.2, 0.25) is 0 Å². The normalized spacial score (nSPS) is 52.8. The van der Waals surface area contributed by atoms with E-state index in [-0.39, 0.29) is 0 Å². The predicted molar refractivity (Wildman–Crippen MR) is 80.8 cm³/mol. The van der Waals surface area contributed by atoms with Crippen LogP contribution < -0.4 is 5.73 Å². The van der Waals surface area contributed by atoms with E-state index < -0.39 is 6.23 Å². The third-order valence-electron chi connectivity index (χ3n) is 7.67. The van der Waals surface area contributed by atoms with E-state index in [0.29, 0.717) is 5.92 Å². The molecular formula is C18H31NO. The summed E-state index contributed by atoms with van der Waals surface area (Å²) < 4.78 is 0. The number of aliphatic hydroxyl groups is 1. The molecule has 4 aliphatic rings. The van der Waals surface area contributed by atoms with Crippen molar-refractivity contribution in [2.24, 2.45) is 47.2 Å². The van der Waals surface area contributed by atoms with E-state index in [1.807, 2.05) is 0 Å². The van der Waals surface area contributed by atoms with Crippen LogP contribution in [0.15, 0.2) is 0 Å². The van der Waals surface area contributed by atoms with Crippen molar-refractivity contribution in [3.63, 3.8) is 0 Å². The Kier molecular flexibility index (Phi) is 3.58. The van der Waals surface area contributed by atoms with Crippen LogP contribution in [0.5, 0.6) is 0 Å². The lowest BCUT2D eigenvalue weighted by molar-refractivity contribution is -0.0448. The minimum atomic E-state index is -0.570. The van der Waals surface area contributed by atoms with Crippen LogP contribution in [0, 0.1) is 41.4 Å². The summed E-state index contributed by atoms with van der Waals surface area (Å²) in [7, 11) is 0. The van der Waals surface area contributed by atoms with Crippen LogP contribution >= 0.6 is 0 Å². The van der Waals surface area contributed by atoms with Gasteiger partial charge in [-0.1, -0.05) is 12.8 Å². The number of rotatable bonds is 1. The molecule has 2 nitrogen and oxygen atoms in total. The first kappa shape index (κ1) is 13.6. The molecule has 4 saturated carbocycles. The van der Waals surface area contributed by atoms with Crippen molar-refractivity contribution >= 4 is 0 Å². The summed E-state index contributed by atoms with van der Waals surface area (Å²) in [5.41, 5.74) is 5.75. The molecule has 0 aromatic carbocycles. The van der Waals surface area contributed by atoms with Gasteiger partial charge in [0.1, 0.15) is 6.23 Å². The van der Waals surface area contributed by atoms with E-state index in [4.69, 9.17) is 5.73 Å². The molecule has 3 unspecified atom stereocenters. The summed E-state index contributed by atoms with van der Waals surface area (Å²) in [5.74, 6) is 6.52. The van der Waals surface area contributed by atoms with Gasteiger partial charge < -0.3 is 10.8 Å². The molecule has 0 aromatic heterocycles. The molecule has 8 atom stereocenters. The summed E-state index contributed by atoms with van der Waals surface area (Å²) in [5, 5.41) is 9.70. The first-order valence-corrected chi connectivity index (χ1v) is 9.17. The molecule has 0 spiro atoms. The molecule has 0 saturated heterocycles. The van der Waals surface area contributed by atoms with Crippen LogP contribution in [0.1, 0.15) is 64.2 Å². The lowest BCUT2D eigenvalue weighted by atomic mass is 9.53. The summed E-state index contributed by atoms with van der Waals surface area (Å²) in [4.78, 5) is 0. The van der Waals surface area contributed by atoms with Crippen molar-refractivity contribution in [2.45, 2.75) is 70.4 Å². The van der Waals surface area contributed by atoms with Gasteiger partial charge in [0.25, 0.3) is 0 Å². The number of hydrogen-bond donors (Lipinski definition) is 2. The lowest BCUT2D eigenvalue weighted by Gasteiger charge is -2.53. The molecule has 114 valence electrons. The molecule has 4 aliphatic carbocycles. The first-order chi connectivity index (χ1) is 9.74. The monoisotopic (exact) mass is 277 g/mol. The molecule has 0 aromatic rings. The fraction of sp³-hybridized carbons (Fsp3) is 1.00. The molecule has 4 rings (SSSR count). The highest BCUT2D eigenvalue weighted by Crippen LogP contribution is 2.58. The van der Waals surface area contributed by atoms with E-state index in [1.54, 1.807) is 0 Å². The summed E-state index contributed by atoms with van der Waals surface area (Å²) >= 11 is 0. The number of hydrogen-bond acceptors (Lipinski definition) is 2. The predicted octanol–water partition coefficient (Wildman–Crippen LogP) is 3.53. The maximum absolute atomic E-state index is 9.70. The summed E-state index contributed by atoms with van der Waals surface area (Å²) in [6.07, 6.45) is 13.7. The Labute approximate surface area is 123 Å². The number of aliphatic hydroxyl groups excluding tert-OH is 1. The highest BCUT2D eigenvalue weighted by molar-refractivity contribution is 4.99. The lowest BCUT2D eigenvalue weighted by Crippen LogP contribution is -2.46. The van der Waals surface area contributed by atoms with Crippen molar-refractivity contribution < 1.29 is 5.11 Å². The Morgan fingerprint density at radius 3 is 2.10 bits per heavy atom. The van der Waals surface area contributed by atoms with Gasteiger partial charge in [-0.3, -0.25) is 0 Å². The van der Waals surface area contributed by atoms with E-state index in [9.17, 15) is 5.11 Å². The maximum Gasteiger partial charge on any atom is 0.105 e. The van der Waals surface area contributed by atoms with Crippen LogP contribution in [-0.2, 0) is 0 Å². The van der Waals surface area contributed by atoms with Crippen LogP contribution in [0.4, 0.5) is 0 Å². The van der Waals surface area contributed by atoms with Crippen molar-refractivity contribution in [1.29, 1.82) is 0 Å². The summed E-state index contributed by atoms with van der Waals surface area (Å²) in [6.45, 7) is 0. The minimum Gasteiger partial charge on any atom is -0.379 e. The average molecular weight is 277 g/mol. The topological polar surface area (TPSA) is 46.2 Å². The molecule has 3 N–H and O–H groups in total. The largest absolute Gasteiger partial charge is 0.379 e. The molecule has 0 heterocycles. The van der Waals surface area contributed by atoms with Gasteiger partial charge in [-0.15, -0.1) is 0 Å². The molecule has 0 aliphatic heterocycles. The van der Waals surface area contributed by atoms with Gasteiger partial charge in [-0.05, 0) is 92.8 Å². The molecule has 4 fully saturated rings. The van der Waals surface area contributed by atoms with Gasteiger partial charge in [0.15, 0.2) is 0 Å². The van der Waals surface area contributed by atoms with E-state index in [1.165, 1.54) is 64.2 Å². The zero-order valence-corrected chi connectivity index (χ0v) is 12.7. The third-order valence-corrected chi connectivity index (χ3v) is 7.67. The standard InChI is InChI=1S/C18H31NO/c19-18(20)13-6-7-15-12(10-13)5-9-16-14-3-1-2-11(14)4-8-17(15)16/h11-18,20H,1-10,19H2/t11-,12?,13?,14+,15-,16-,17+,18?/m0/s1. The fourth-order valence-electron chi connectivity index (χ4n) is 6.82. The van der Waals surface area contributed by atoms with Crippen molar-refractivity contribution in [2.75, 3.05) is 0 Å². The van der Waals surface area contributed by atoms with Gasteiger partial charge in [0, 0.05) is 0 Å². The minimum absolute atomic E-state index is 0.385. The Balaban J connectivity index is 1.48. The third kappa shape index (κ3) is 2.14. The molecule has 20 heavy (non-hydrogen) atoms. The Morgan fingerprint density at radius 2 is 1.35 bits per heavy atom. The maximum atomic E-state index is 9.70. The molecule has 0 radical (unpaired) electrons. The van der Waals surface area contributed by atoms with Gasteiger partial charge in [0.05, 0.1) is 0 Å². The highest BCUT2D eigenvalue weighted by Gasteiger charge is 2.49. The second-order valence-corrected chi connectivity index (χ2v) is 8.32. The average Bonchev–Trinajstić information content (AvgIpc) is 2.94. The Bertz CT molecular complexity index is 355. The molecular weight excluding hydrogens is 246 g/mol. The zero-order valence-electron chi connectivity index (χ0n) is 12.7. The van der Waals surface area contributed by atoms with Crippen LogP contribution in [0.3, 0.4) is 0 Å². The number of nitrogens with two attached hydrogens (primary N) is 1. The second kappa shape index (κ2) is 5.28. The Morgan fingerprint density at radius 1 is 0.700 bits per heavy atom. The van der Waals surface area contributed by atoms with Crippen LogP contribution in [-0.4, -0.2) is 11.3 Å². The SMILES string of the molecule is NC(O)C1CC[C@H]2C(CC[C@H]3[C@@H]4CCC[C@H]4CC[C@@H]32)C1. The van der Waals surface area contributed by atoms with Crippen molar-refractivity contribution in [3.8, 4) is 0 Å². The number of fused-ring (bicyclic) bond motifs is 5. The molecule has 0 amide bonds. The van der Waals surface area contributed by atoms with Crippen molar-refractivity contribution in [3.05, 3.63) is 0 Å². The zero-order chi connectivity index (χ0) is 13.7. The van der Waals surface area contributed by atoms with E-state index >= 15 is 0 Å². The molecule has 0 bridgehead atoms. The van der Waals surface area contributed by atoms with Crippen molar-refractivity contribution in [1.82, 2.24) is 0 Å². The summed E-state index contributed by atoms with van der Waals surface area (Å²) in [6, 6.07) is 0. The fourth-order valence-corrected chi connectivity index (χ4v) is 6.82. The Hall–Kier alpha value is -0.0800. The van der Waals surface area contributed by atoms with Crippen LogP contribution in [0.25, 0.3) is 0 Å². The van der Waals surface area contributed by atoms with Gasteiger partial charge in [-0.2, -0.15) is 0 Å². The highest BCUT2D eigenvalue weighted by atomic mass is 16.3. The molecule has 2 heteroatoms. The smallest absolute Gasteiger partial charge is 0.105 e. The van der Waals surface area contributed by atoms with E-state index in [0.717, 1.165) is 35.5 Å². The van der Waals surface area contributed by atoms with Gasteiger partial charge in [0.2, 0.25) is 0 Å².